The average molecular weight is 313 g/mol. The summed E-state index contributed by atoms with van der Waals surface area (Å²) in [7, 11) is 0. The van der Waals surface area contributed by atoms with Crippen LogP contribution in [0.1, 0.15) is 16.1 Å². The number of fused-ring (bicyclic) bond motifs is 1. The van der Waals surface area contributed by atoms with Crippen LogP contribution in [0.3, 0.4) is 0 Å². The van der Waals surface area contributed by atoms with E-state index in [1.54, 1.807) is 31.2 Å². The lowest BCUT2D eigenvalue weighted by atomic mass is 10.1. The van der Waals surface area contributed by atoms with Crippen LogP contribution in [0.15, 0.2) is 48.5 Å². The lowest BCUT2D eigenvalue weighted by Gasteiger charge is -2.06. The Morgan fingerprint density at radius 1 is 1.05 bits per heavy atom. The number of amides is 1. The average Bonchev–Trinajstić information content (AvgIpc) is 2.84. The number of para-hydroxylation sites is 2. The zero-order chi connectivity index (χ0) is 15.7. The van der Waals surface area contributed by atoms with Gasteiger partial charge in [-0.3, -0.25) is 9.59 Å². The fraction of sp³-hybridized carbons (Fsp3) is 0.0588. The van der Waals surface area contributed by atoms with Gasteiger partial charge in [0.15, 0.2) is 0 Å². The van der Waals surface area contributed by atoms with Gasteiger partial charge >= 0.3 is 0 Å². The Balaban J connectivity index is 1.94. The summed E-state index contributed by atoms with van der Waals surface area (Å²) >= 11 is 5.99. The summed E-state index contributed by atoms with van der Waals surface area (Å²) in [6.07, 6.45) is 0. The van der Waals surface area contributed by atoms with Crippen LogP contribution < -0.4 is 5.32 Å². The predicted molar refractivity (Wildman–Crippen MR) is 87.4 cm³/mol. The smallest absolute Gasteiger partial charge is 0.296 e. The summed E-state index contributed by atoms with van der Waals surface area (Å²) in [4.78, 5) is 27.8. The van der Waals surface area contributed by atoms with Gasteiger partial charge < -0.3 is 10.3 Å². The molecule has 3 aromatic rings. The molecule has 110 valence electrons. The summed E-state index contributed by atoms with van der Waals surface area (Å²) in [6, 6.07) is 14.2. The summed E-state index contributed by atoms with van der Waals surface area (Å²) < 4.78 is 0. The number of rotatable bonds is 3. The Morgan fingerprint density at radius 3 is 2.50 bits per heavy atom. The first kappa shape index (κ1) is 14.4. The van der Waals surface area contributed by atoms with Gasteiger partial charge in [-0.1, -0.05) is 41.9 Å². The number of aromatic nitrogens is 1. The van der Waals surface area contributed by atoms with Gasteiger partial charge in [0.2, 0.25) is 0 Å². The van der Waals surface area contributed by atoms with E-state index in [2.05, 4.69) is 10.3 Å². The molecule has 0 fully saturated rings. The molecule has 1 amide bonds. The summed E-state index contributed by atoms with van der Waals surface area (Å²) in [5.74, 6) is -1.30. The van der Waals surface area contributed by atoms with Crippen molar-refractivity contribution in [1.29, 1.82) is 0 Å². The normalized spacial score (nSPS) is 10.6. The third-order valence-electron chi connectivity index (χ3n) is 3.45. The maximum absolute atomic E-state index is 12.5. The molecule has 0 bridgehead atoms. The second-order valence-corrected chi connectivity index (χ2v) is 5.34. The van der Waals surface area contributed by atoms with Gasteiger partial charge in [-0.25, -0.2) is 0 Å². The van der Waals surface area contributed by atoms with E-state index in [1.165, 1.54) is 0 Å². The van der Waals surface area contributed by atoms with Crippen LogP contribution in [0, 0.1) is 6.92 Å². The van der Waals surface area contributed by atoms with E-state index in [9.17, 15) is 9.59 Å². The van der Waals surface area contributed by atoms with E-state index >= 15 is 0 Å². The fourth-order valence-corrected chi connectivity index (χ4v) is 2.61. The molecule has 4 nitrogen and oxygen atoms in total. The van der Waals surface area contributed by atoms with Gasteiger partial charge in [-0.2, -0.15) is 0 Å². The highest BCUT2D eigenvalue weighted by molar-refractivity contribution is 6.49. The van der Waals surface area contributed by atoms with E-state index in [0.29, 0.717) is 22.0 Å². The topological polar surface area (TPSA) is 62.0 Å². The number of carbonyl (C=O) groups excluding carboxylic acids is 2. The molecule has 0 aliphatic rings. The molecule has 0 radical (unpaired) electrons. The number of aromatic amines is 1. The molecule has 1 heterocycles. The maximum atomic E-state index is 12.5. The zero-order valence-corrected chi connectivity index (χ0v) is 12.6. The number of ketones is 1. The minimum absolute atomic E-state index is 0.388. The van der Waals surface area contributed by atoms with Gasteiger partial charge in [0.05, 0.1) is 16.3 Å². The first-order chi connectivity index (χ1) is 10.6. The quantitative estimate of drug-likeness (QED) is 0.568. The Kier molecular flexibility index (Phi) is 3.69. The van der Waals surface area contributed by atoms with E-state index in [4.69, 9.17) is 11.6 Å². The third kappa shape index (κ3) is 2.49. The van der Waals surface area contributed by atoms with Crippen LogP contribution in [0.25, 0.3) is 10.9 Å². The highest BCUT2D eigenvalue weighted by atomic mass is 35.5. The summed E-state index contributed by atoms with van der Waals surface area (Å²) in [6.45, 7) is 1.77. The molecule has 22 heavy (non-hydrogen) atoms. The van der Waals surface area contributed by atoms with Crippen molar-refractivity contribution in [3.05, 3.63) is 64.8 Å². The minimum atomic E-state index is -0.707. The lowest BCUT2D eigenvalue weighted by Crippen LogP contribution is -2.23. The molecule has 3 rings (SSSR count). The molecule has 0 saturated carbocycles. The highest BCUT2D eigenvalue weighted by Gasteiger charge is 2.23. The first-order valence-electron chi connectivity index (χ1n) is 6.75. The van der Waals surface area contributed by atoms with Crippen molar-refractivity contribution < 1.29 is 9.59 Å². The number of Topliss-reactive ketones (excluding diaryl/α,β-unsaturated/α-hetero) is 1. The Bertz CT molecular complexity index is 883. The lowest BCUT2D eigenvalue weighted by molar-refractivity contribution is -0.112. The number of hydrogen-bond acceptors (Lipinski definition) is 2. The number of halogens is 1. The van der Waals surface area contributed by atoms with Crippen molar-refractivity contribution in [3.8, 4) is 0 Å². The Morgan fingerprint density at radius 2 is 1.73 bits per heavy atom. The molecule has 2 aromatic carbocycles. The molecule has 0 saturated heterocycles. The second kappa shape index (κ2) is 5.66. The molecule has 0 spiro atoms. The van der Waals surface area contributed by atoms with Gasteiger partial charge in [0.1, 0.15) is 0 Å². The van der Waals surface area contributed by atoms with Crippen molar-refractivity contribution in [2.45, 2.75) is 6.92 Å². The summed E-state index contributed by atoms with van der Waals surface area (Å²) in [5, 5.41) is 3.68. The minimum Gasteiger partial charge on any atom is -0.358 e. The van der Waals surface area contributed by atoms with Crippen molar-refractivity contribution in [2.24, 2.45) is 0 Å². The first-order valence-corrected chi connectivity index (χ1v) is 7.13. The highest BCUT2D eigenvalue weighted by Crippen LogP contribution is 2.24. The van der Waals surface area contributed by atoms with E-state index in [1.807, 2.05) is 24.3 Å². The number of hydrogen-bond donors (Lipinski definition) is 2. The maximum Gasteiger partial charge on any atom is 0.296 e. The van der Waals surface area contributed by atoms with Gasteiger partial charge in [0.25, 0.3) is 11.7 Å². The van der Waals surface area contributed by atoms with Crippen LogP contribution >= 0.6 is 11.6 Å². The molecule has 0 atom stereocenters. The number of benzene rings is 2. The largest absolute Gasteiger partial charge is 0.358 e. The molecule has 0 unspecified atom stereocenters. The van der Waals surface area contributed by atoms with E-state index < -0.39 is 11.7 Å². The van der Waals surface area contributed by atoms with Crippen LogP contribution in [0.5, 0.6) is 0 Å². The Labute approximate surface area is 132 Å². The van der Waals surface area contributed by atoms with Crippen molar-refractivity contribution in [1.82, 2.24) is 4.98 Å². The van der Waals surface area contributed by atoms with Crippen LogP contribution in [-0.2, 0) is 4.79 Å². The summed E-state index contributed by atoms with van der Waals surface area (Å²) in [5.41, 5.74) is 2.30. The monoisotopic (exact) mass is 312 g/mol. The molecule has 1 aromatic heterocycles. The molecule has 0 aliphatic heterocycles. The molecule has 0 aliphatic carbocycles. The van der Waals surface area contributed by atoms with Crippen molar-refractivity contribution in [2.75, 3.05) is 5.32 Å². The van der Waals surface area contributed by atoms with Crippen LogP contribution in [-0.4, -0.2) is 16.7 Å². The van der Waals surface area contributed by atoms with Gasteiger partial charge in [-0.15, -0.1) is 0 Å². The molecule has 2 N–H and O–H groups in total. The number of aryl methyl sites for hydroxylation is 1. The zero-order valence-electron chi connectivity index (χ0n) is 11.8. The van der Waals surface area contributed by atoms with Crippen molar-refractivity contribution in [3.63, 3.8) is 0 Å². The number of nitrogens with one attached hydrogen (secondary N) is 2. The predicted octanol–water partition coefficient (Wildman–Crippen LogP) is 3.95. The van der Waals surface area contributed by atoms with Crippen LogP contribution in [0.4, 0.5) is 5.69 Å². The standard InChI is InChI=1S/C17H13ClN2O2/c1-10-15(11-6-2-4-8-13(11)19-10)16(21)17(22)20-14-9-5-3-7-12(14)18/h2-9,19H,1H3,(H,20,22). The number of carbonyl (C=O) groups is 2. The third-order valence-corrected chi connectivity index (χ3v) is 3.78. The second-order valence-electron chi connectivity index (χ2n) is 4.93. The molecular formula is C17H13ClN2O2. The van der Waals surface area contributed by atoms with Crippen LogP contribution in [0.2, 0.25) is 5.02 Å². The van der Waals surface area contributed by atoms with Gasteiger partial charge in [-0.05, 0) is 25.1 Å². The number of H-pyrrole nitrogens is 1. The number of anilines is 1. The Hall–Kier alpha value is -2.59. The van der Waals surface area contributed by atoms with Gasteiger partial charge in [0, 0.05) is 16.6 Å². The molecular weight excluding hydrogens is 300 g/mol. The van der Waals surface area contributed by atoms with Crippen molar-refractivity contribution >= 4 is 39.9 Å². The SMILES string of the molecule is Cc1[nH]c2ccccc2c1C(=O)C(=O)Nc1ccccc1Cl. The van der Waals surface area contributed by atoms with E-state index in [0.717, 1.165) is 10.9 Å². The fourth-order valence-electron chi connectivity index (χ4n) is 2.42. The molecule has 5 heteroatoms. The van der Waals surface area contributed by atoms with E-state index in [-0.39, 0.29) is 0 Å².